The molecular formula is C41H26N2. The first-order valence-corrected chi connectivity index (χ1v) is 14.7. The van der Waals surface area contributed by atoms with Crippen molar-refractivity contribution in [3.63, 3.8) is 0 Å². The lowest BCUT2D eigenvalue weighted by Gasteiger charge is -2.13. The van der Waals surface area contributed by atoms with Gasteiger partial charge in [0.15, 0.2) is 0 Å². The smallest absolute Gasteiger partial charge is 0.138 e. The van der Waals surface area contributed by atoms with Crippen LogP contribution in [0.25, 0.3) is 82.3 Å². The molecule has 2 heterocycles. The Hall–Kier alpha value is -5.73. The Morgan fingerprint density at radius 1 is 0.349 bits per heavy atom. The second kappa shape index (κ2) is 9.40. The average molecular weight is 547 g/mol. The molecule has 0 saturated carbocycles. The molecule has 7 aromatic carbocycles. The lowest BCUT2D eigenvalue weighted by molar-refractivity contribution is 1.09. The zero-order valence-corrected chi connectivity index (χ0v) is 23.4. The van der Waals surface area contributed by atoms with E-state index in [2.05, 4.69) is 162 Å². The number of pyridine rings is 1. The van der Waals surface area contributed by atoms with Crippen molar-refractivity contribution in [3.05, 3.63) is 158 Å². The quantitative estimate of drug-likeness (QED) is 0.202. The van der Waals surface area contributed by atoms with E-state index in [1.165, 1.54) is 48.7 Å². The summed E-state index contributed by atoms with van der Waals surface area (Å²) in [5, 5.41) is 10.1. The van der Waals surface area contributed by atoms with Crippen LogP contribution in [-0.4, -0.2) is 9.55 Å². The normalized spacial score (nSPS) is 11.7. The highest BCUT2D eigenvalue weighted by Crippen LogP contribution is 2.39. The monoisotopic (exact) mass is 546 g/mol. The van der Waals surface area contributed by atoms with Gasteiger partial charge in [0.05, 0.1) is 16.7 Å². The number of nitrogens with zero attached hydrogens (tertiary/aromatic N) is 2. The Kier molecular flexibility index (Phi) is 5.23. The van der Waals surface area contributed by atoms with E-state index < -0.39 is 0 Å². The van der Waals surface area contributed by atoms with Crippen LogP contribution in [0.15, 0.2) is 158 Å². The van der Waals surface area contributed by atoms with E-state index in [1.54, 1.807) is 0 Å². The highest BCUT2D eigenvalue weighted by Gasteiger charge is 2.17. The summed E-state index contributed by atoms with van der Waals surface area (Å²) in [5.74, 6) is 0.913. The predicted molar refractivity (Wildman–Crippen MR) is 182 cm³/mol. The second-order valence-electron chi connectivity index (χ2n) is 11.2. The Morgan fingerprint density at radius 2 is 1.00 bits per heavy atom. The lowest BCUT2D eigenvalue weighted by Crippen LogP contribution is -2.00. The van der Waals surface area contributed by atoms with Crippen LogP contribution in [0, 0.1) is 0 Å². The molecule has 0 aliphatic rings. The lowest BCUT2D eigenvalue weighted by atomic mass is 9.96. The summed E-state index contributed by atoms with van der Waals surface area (Å²) in [6.45, 7) is 0. The molecule has 0 N–H and O–H groups in total. The fourth-order valence-corrected chi connectivity index (χ4v) is 6.72. The van der Waals surface area contributed by atoms with Crippen molar-refractivity contribution < 1.29 is 0 Å². The molecule has 2 aromatic heterocycles. The number of hydrogen-bond acceptors (Lipinski definition) is 1. The van der Waals surface area contributed by atoms with E-state index in [0.717, 1.165) is 33.7 Å². The fourth-order valence-electron chi connectivity index (χ4n) is 6.72. The molecular weight excluding hydrogens is 520 g/mol. The zero-order chi connectivity index (χ0) is 28.3. The van der Waals surface area contributed by atoms with Crippen LogP contribution < -0.4 is 0 Å². The van der Waals surface area contributed by atoms with Crippen molar-refractivity contribution >= 4 is 54.1 Å². The number of fused-ring (bicyclic) bond motifs is 8. The van der Waals surface area contributed by atoms with E-state index in [-0.39, 0.29) is 0 Å². The van der Waals surface area contributed by atoms with Crippen LogP contribution in [0.4, 0.5) is 0 Å². The minimum absolute atomic E-state index is 0.913. The van der Waals surface area contributed by atoms with E-state index in [9.17, 15) is 0 Å². The first-order valence-electron chi connectivity index (χ1n) is 14.7. The van der Waals surface area contributed by atoms with Gasteiger partial charge in [0.25, 0.3) is 0 Å². The predicted octanol–water partition coefficient (Wildman–Crippen LogP) is 11.0. The topological polar surface area (TPSA) is 17.8 Å². The van der Waals surface area contributed by atoms with Gasteiger partial charge in [-0.1, -0.05) is 127 Å². The van der Waals surface area contributed by atoms with Crippen molar-refractivity contribution in [2.75, 3.05) is 0 Å². The molecule has 0 atom stereocenters. The molecule has 0 bridgehead atoms. The minimum Gasteiger partial charge on any atom is -0.294 e. The largest absolute Gasteiger partial charge is 0.294 e. The van der Waals surface area contributed by atoms with Gasteiger partial charge in [-0.2, -0.15) is 0 Å². The van der Waals surface area contributed by atoms with Crippen LogP contribution in [0.5, 0.6) is 0 Å². The van der Waals surface area contributed by atoms with Gasteiger partial charge < -0.3 is 0 Å². The van der Waals surface area contributed by atoms with Crippen molar-refractivity contribution in [2.45, 2.75) is 0 Å². The summed E-state index contributed by atoms with van der Waals surface area (Å²) in [7, 11) is 0. The van der Waals surface area contributed by atoms with Crippen LogP contribution >= 0.6 is 0 Å². The summed E-state index contributed by atoms with van der Waals surface area (Å²) in [6.07, 6.45) is 0. The second-order valence-corrected chi connectivity index (χ2v) is 11.2. The highest BCUT2D eigenvalue weighted by atomic mass is 15.1. The number of hydrogen-bond donors (Lipinski definition) is 0. The summed E-state index contributed by atoms with van der Waals surface area (Å²) in [5.41, 5.74) is 6.69. The number of para-hydroxylation sites is 1. The van der Waals surface area contributed by atoms with Crippen molar-refractivity contribution in [2.24, 2.45) is 0 Å². The molecule has 43 heavy (non-hydrogen) atoms. The molecule has 0 radical (unpaired) electrons. The van der Waals surface area contributed by atoms with Gasteiger partial charge in [-0.05, 0) is 73.8 Å². The summed E-state index contributed by atoms with van der Waals surface area (Å²) < 4.78 is 2.35. The SMILES string of the molecule is c1ccc(-c2cc(-c3ccccc3)nc(-n3c4ccccc4c4cc5ccc6c7ccccc7ccc6c5cc43)c2)cc1. The van der Waals surface area contributed by atoms with Crippen molar-refractivity contribution in [1.82, 2.24) is 9.55 Å². The van der Waals surface area contributed by atoms with Crippen LogP contribution in [0.3, 0.4) is 0 Å². The molecule has 9 aromatic rings. The van der Waals surface area contributed by atoms with E-state index in [4.69, 9.17) is 4.98 Å². The molecule has 0 unspecified atom stereocenters. The maximum Gasteiger partial charge on any atom is 0.138 e. The van der Waals surface area contributed by atoms with Gasteiger partial charge in [0, 0.05) is 16.3 Å². The summed E-state index contributed by atoms with van der Waals surface area (Å²) in [4.78, 5) is 5.32. The first-order chi connectivity index (χ1) is 21.3. The highest BCUT2D eigenvalue weighted by molar-refractivity contribution is 6.21. The summed E-state index contributed by atoms with van der Waals surface area (Å²) >= 11 is 0. The fraction of sp³-hybridized carbons (Fsp3) is 0. The molecule has 2 heteroatoms. The van der Waals surface area contributed by atoms with Gasteiger partial charge in [-0.15, -0.1) is 0 Å². The minimum atomic E-state index is 0.913. The Bertz CT molecular complexity index is 2430. The standard InChI is InChI=1S/C41H26N2/c1-3-11-27(12-4-1)31-24-38(29-14-5-2-6-15-29)42-41(25-31)43-39-18-10-9-17-35(39)37-23-30-20-22-33-32-16-8-7-13-28(32)19-21-34(33)36(30)26-40(37)43/h1-26H. The molecule has 0 saturated heterocycles. The van der Waals surface area contributed by atoms with Gasteiger partial charge in [-0.3, -0.25) is 4.57 Å². The molecule has 0 fully saturated rings. The molecule has 0 spiro atoms. The maximum absolute atomic E-state index is 5.32. The average Bonchev–Trinajstić information content (AvgIpc) is 3.41. The third kappa shape index (κ3) is 3.77. The van der Waals surface area contributed by atoms with Crippen LogP contribution in [0.2, 0.25) is 0 Å². The zero-order valence-electron chi connectivity index (χ0n) is 23.4. The van der Waals surface area contributed by atoms with Gasteiger partial charge >= 0.3 is 0 Å². The molecule has 0 amide bonds. The van der Waals surface area contributed by atoms with Crippen molar-refractivity contribution in [3.8, 4) is 28.2 Å². The van der Waals surface area contributed by atoms with E-state index in [1.807, 2.05) is 0 Å². The third-order valence-corrected chi connectivity index (χ3v) is 8.75. The van der Waals surface area contributed by atoms with Gasteiger partial charge in [0.1, 0.15) is 5.82 Å². The summed E-state index contributed by atoms with van der Waals surface area (Å²) in [6, 6.07) is 56.7. The Balaban J connectivity index is 1.39. The molecule has 2 nitrogen and oxygen atoms in total. The van der Waals surface area contributed by atoms with Gasteiger partial charge in [-0.25, -0.2) is 4.98 Å². The van der Waals surface area contributed by atoms with E-state index in [0.29, 0.717) is 0 Å². The van der Waals surface area contributed by atoms with E-state index >= 15 is 0 Å². The van der Waals surface area contributed by atoms with Gasteiger partial charge in [0.2, 0.25) is 0 Å². The third-order valence-electron chi connectivity index (χ3n) is 8.75. The number of rotatable bonds is 3. The Morgan fingerprint density at radius 3 is 1.81 bits per heavy atom. The molecule has 0 aliphatic heterocycles. The Labute approximate surface area is 249 Å². The first kappa shape index (κ1) is 23.9. The molecule has 200 valence electrons. The number of benzene rings is 7. The van der Waals surface area contributed by atoms with Crippen molar-refractivity contribution in [1.29, 1.82) is 0 Å². The molecule has 0 aliphatic carbocycles. The maximum atomic E-state index is 5.32. The number of aromatic nitrogens is 2. The molecule has 9 rings (SSSR count). The van der Waals surface area contributed by atoms with Crippen LogP contribution in [-0.2, 0) is 0 Å². The van der Waals surface area contributed by atoms with Crippen LogP contribution in [0.1, 0.15) is 0 Å².